The lowest BCUT2D eigenvalue weighted by Crippen LogP contribution is -2.41. The van der Waals surface area contributed by atoms with Gasteiger partial charge in [-0.2, -0.15) is 0 Å². The third-order valence-electron chi connectivity index (χ3n) is 4.05. The van der Waals surface area contributed by atoms with Crippen molar-refractivity contribution in [3.8, 4) is 5.69 Å². The number of aromatic nitrogens is 1. The van der Waals surface area contributed by atoms with E-state index in [1.807, 2.05) is 30.5 Å². The summed E-state index contributed by atoms with van der Waals surface area (Å²) in [6.45, 7) is 6.81. The van der Waals surface area contributed by atoms with Gasteiger partial charge in [0.15, 0.2) is 0 Å². The molecule has 1 aliphatic rings. The second-order valence-corrected chi connectivity index (χ2v) is 7.31. The highest BCUT2D eigenvalue weighted by Gasteiger charge is 2.39. The molecule has 0 radical (unpaired) electrons. The van der Waals surface area contributed by atoms with Gasteiger partial charge in [-0.25, -0.2) is 9.59 Å². The van der Waals surface area contributed by atoms with Crippen LogP contribution in [-0.2, 0) is 19.1 Å². The first-order valence-electron chi connectivity index (χ1n) is 7.92. The summed E-state index contributed by atoms with van der Waals surface area (Å²) in [5, 5.41) is 0.911. The van der Waals surface area contributed by atoms with Crippen molar-refractivity contribution >= 4 is 41.2 Å². The Kier molecular flexibility index (Phi) is 4.63. The van der Waals surface area contributed by atoms with Crippen LogP contribution in [0.25, 0.3) is 11.8 Å². The third-order valence-corrected chi connectivity index (χ3v) is 4.79. The number of benzene rings is 1. The molecule has 136 valence electrons. The van der Waals surface area contributed by atoms with Crippen molar-refractivity contribution in [3.63, 3.8) is 0 Å². The quantitative estimate of drug-likeness (QED) is 0.424. The van der Waals surface area contributed by atoms with Crippen molar-refractivity contribution in [2.24, 2.45) is 0 Å². The van der Waals surface area contributed by atoms with E-state index in [0.717, 1.165) is 17.1 Å². The summed E-state index contributed by atoms with van der Waals surface area (Å²) in [5.74, 6) is -2.67. The van der Waals surface area contributed by atoms with Gasteiger partial charge >= 0.3 is 11.9 Å². The van der Waals surface area contributed by atoms with Crippen molar-refractivity contribution in [2.75, 3.05) is 0 Å². The summed E-state index contributed by atoms with van der Waals surface area (Å²) in [6.07, 6.45) is 1.48. The first-order chi connectivity index (χ1) is 12.1. The molecule has 0 spiro atoms. The van der Waals surface area contributed by atoms with Gasteiger partial charge in [-0.3, -0.25) is 0 Å². The fourth-order valence-electron chi connectivity index (χ4n) is 2.89. The summed E-state index contributed by atoms with van der Waals surface area (Å²) < 4.78 is 12.2. The van der Waals surface area contributed by atoms with Crippen LogP contribution in [0.4, 0.5) is 0 Å². The standard InChI is InChI=1S/C19H17Cl2NO4/c1-10-7-12(8-14-17(23)25-19(3,4)26-18(14)24)11(2)22(10)13-5-6-15(20)16(21)9-13/h5-9H,1-4H3. The molecule has 3 rings (SSSR count). The molecular formula is C19H17Cl2NO4. The molecule has 2 heterocycles. The van der Waals surface area contributed by atoms with Crippen molar-refractivity contribution in [2.45, 2.75) is 33.5 Å². The van der Waals surface area contributed by atoms with Crippen LogP contribution in [0.2, 0.25) is 10.0 Å². The maximum atomic E-state index is 12.1. The van der Waals surface area contributed by atoms with Gasteiger partial charge in [0.25, 0.3) is 5.79 Å². The summed E-state index contributed by atoms with van der Waals surface area (Å²) in [4.78, 5) is 24.3. The Bertz CT molecular complexity index is 935. The Morgan fingerprint density at radius 3 is 2.19 bits per heavy atom. The fourth-order valence-corrected chi connectivity index (χ4v) is 3.18. The predicted octanol–water partition coefficient (Wildman–Crippen LogP) is 4.62. The molecule has 1 aromatic heterocycles. The van der Waals surface area contributed by atoms with Gasteiger partial charge in [-0.05, 0) is 49.8 Å². The van der Waals surface area contributed by atoms with Gasteiger partial charge < -0.3 is 14.0 Å². The van der Waals surface area contributed by atoms with E-state index in [9.17, 15) is 9.59 Å². The maximum Gasteiger partial charge on any atom is 0.348 e. The molecule has 7 heteroatoms. The van der Waals surface area contributed by atoms with E-state index in [-0.39, 0.29) is 5.57 Å². The largest absolute Gasteiger partial charge is 0.419 e. The molecule has 26 heavy (non-hydrogen) atoms. The number of hydrogen-bond acceptors (Lipinski definition) is 4. The fraction of sp³-hybridized carbons (Fsp3) is 0.263. The third kappa shape index (κ3) is 3.37. The number of carbonyl (C=O) groups excluding carboxylic acids is 2. The van der Waals surface area contributed by atoms with E-state index in [4.69, 9.17) is 32.7 Å². The van der Waals surface area contributed by atoms with Gasteiger partial charge in [-0.1, -0.05) is 23.2 Å². The van der Waals surface area contributed by atoms with Crippen molar-refractivity contribution < 1.29 is 19.1 Å². The summed E-state index contributed by atoms with van der Waals surface area (Å²) in [5.41, 5.74) is 3.13. The van der Waals surface area contributed by atoms with Crippen LogP contribution >= 0.6 is 23.2 Å². The van der Waals surface area contributed by atoms with E-state index in [1.165, 1.54) is 19.9 Å². The van der Waals surface area contributed by atoms with Crippen LogP contribution < -0.4 is 0 Å². The van der Waals surface area contributed by atoms with E-state index in [2.05, 4.69) is 0 Å². The highest BCUT2D eigenvalue weighted by atomic mass is 35.5. The minimum atomic E-state index is -1.26. The highest BCUT2D eigenvalue weighted by molar-refractivity contribution is 6.42. The smallest absolute Gasteiger partial charge is 0.348 e. The molecule has 0 bridgehead atoms. The lowest BCUT2D eigenvalue weighted by molar-refractivity contribution is -0.222. The number of rotatable bonds is 2. The van der Waals surface area contributed by atoms with Crippen molar-refractivity contribution in [1.82, 2.24) is 4.57 Å². The number of cyclic esters (lactones) is 2. The maximum absolute atomic E-state index is 12.1. The molecule has 0 aliphatic carbocycles. The Morgan fingerprint density at radius 1 is 1.00 bits per heavy atom. The zero-order valence-corrected chi connectivity index (χ0v) is 16.2. The number of esters is 2. The molecule has 0 unspecified atom stereocenters. The number of carbonyl (C=O) groups is 2. The van der Waals surface area contributed by atoms with Gasteiger partial charge in [0, 0.05) is 30.9 Å². The monoisotopic (exact) mass is 393 g/mol. The van der Waals surface area contributed by atoms with Gasteiger partial charge in [-0.15, -0.1) is 0 Å². The molecule has 1 saturated heterocycles. The molecular weight excluding hydrogens is 377 g/mol. The zero-order chi connectivity index (χ0) is 19.2. The number of halogens is 2. The molecule has 1 aliphatic heterocycles. The lowest BCUT2D eigenvalue weighted by Gasteiger charge is -2.29. The van der Waals surface area contributed by atoms with Gasteiger partial charge in [0.1, 0.15) is 5.57 Å². The first kappa shape index (κ1) is 18.5. The first-order valence-corrected chi connectivity index (χ1v) is 8.67. The zero-order valence-electron chi connectivity index (χ0n) is 14.7. The average molecular weight is 394 g/mol. The molecule has 0 N–H and O–H groups in total. The molecule has 1 aromatic carbocycles. The van der Waals surface area contributed by atoms with Crippen molar-refractivity contribution in [1.29, 1.82) is 0 Å². The van der Waals surface area contributed by atoms with Crippen LogP contribution in [0.15, 0.2) is 29.8 Å². The molecule has 1 fully saturated rings. The molecule has 0 saturated carbocycles. The predicted molar refractivity (Wildman–Crippen MR) is 99.5 cm³/mol. The second kappa shape index (κ2) is 6.49. The summed E-state index contributed by atoms with van der Waals surface area (Å²) in [7, 11) is 0. The second-order valence-electron chi connectivity index (χ2n) is 6.50. The van der Waals surface area contributed by atoms with Gasteiger partial charge in [0.2, 0.25) is 0 Å². The average Bonchev–Trinajstić information content (AvgIpc) is 2.79. The van der Waals surface area contributed by atoms with E-state index in [0.29, 0.717) is 15.6 Å². The Balaban J connectivity index is 2.04. The minimum Gasteiger partial charge on any atom is -0.419 e. The SMILES string of the molecule is Cc1cc(C=C2C(=O)OC(C)(C)OC2=O)c(C)n1-c1ccc(Cl)c(Cl)c1. The van der Waals surface area contributed by atoms with E-state index >= 15 is 0 Å². The van der Waals surface area contributed by atoms with Crippen molar-refractivity contribution in [3.05, 3.63) is 56.8 Å². The highest BCUT2D eigenvalue weighted by Crippen LogP contribution is 2.30. The summed E-state index contributed by atoms with van der Waals surface area (Å²) >= 11 is 12.1. The normalized spacial score (nSPS) is 16.3. The van der Waals surface area contributed by atoms with Crippen LogP contribution in [-0.4, -0.2) is 22.3 Å². The molecule has 0 amide bonds. The Labute approximate surface area is 161 Å². The topological polar surface area (TPSA) is 57.5 Å². The van der Waals surface area contributed by atoms with Crippen LogP contribution in [0.3, 0.4) is 0 Å². The number of hydrogen-bond donors (Lipinski definition) is 0. The number of nitrogens with zero attached hydrogens (tertiary/aromatic N) is 1. The number of aryl methyl sites for hydroxylation is 1. The van der Waals surface area contributed by atoms with Crippen LogP contribution in [0, 0.1) is 13.8 Å². The molecule has 0 atom stereocenters. The van der Waals surface area contributed by atoms with E-state index in [1.54, 1.807) is 12.1 Å². The Morgan fingerprint density at radius 2 is 1.62 bits per heavy atom. The van der Waals surface area contributed by atoms with E-state index < -0.39 is 17.7 Å². The summed E-state index contributed by atoms with van der Waals surface area (Å²) in [6, 6.07) is 7.18. The minimum absolute atomic E-state index is 0.140. The molecule has 2 aromatic rings. The Hall–Kier alpha value is -2.24. The van der Waals surface area contributed by atoms with Crippen LogP contribution in [0.1, 0.15) is 30.8 Å². The van der Waals surface area contributed by atoms with Crippen LogP contribution in [0.5, 0.6) is 0 Å². The van der Waals surface area contributed by atoms with Gasteiger partial charge in [0.05, 0.1) is 10.0 Å². The lowest BCUT2D eigenvalue weighted by atomic mass is 10.1. The molecule has 5 nitrogen and oxygen atoms in total. The number of ether oxygens (including phenoxy) is 2.